The molecule has 18 heavy (non-hydrogen) atoms. The van der Waals surface area contributed by atoms with E-state index >= 15 is 0 Å². The lowest BCUT2D eigenvalue weighted by molar-refractivity contribution is -0.114. The highest BCUT2D eigenvalue weighted by molar-refractivity contribution is 9.11. The van der Waals surface area contributed by atoms with E-state index in [-0.39, 0.29) is 0 Å². The van der Waals surface area contributed by atoms with Crippen molar-refractivity contribution >= 4 is 38.1 Å². The van der Waals surface area contributed by atoms with Gasteiger partial charge in [0.15, 0.2) is 0 Å². The van der Waals surface area contributed by atoms with Crippen molar-refractivity contribution in [2.24, 2.45) is 0 Å². The number of aromatic nitrogens is 3. The van der Waals surface area contributed by atoms with Gasteiger partial charge in [0, 0.05) is 16.9 Å². The minimum Gasteiger partial charge on any atom is -0.301 e. The highest BCUT2D eigenvalue weighted by Gasteiger charge is 2.23. The van der Waals surface area contributed by atoms with Crippen molar-refractivity contribution in [2.45, 2.75) is 19.4 Å². The van der Waals surface area contributed by atoms with Gasteiger partial charge in [-0.1, -0.05) is 0 Å². The molecule has 0 saturated carbocycles. The van der Waals surface area contributed by atoms with Crippen LogP contribution in [0.3, 0.4) is 0 Å². The average Bonchev–Trinajstić information content (AvgIpc) is 2.73. The molecular weight excluding hydrogens is 362 g/mol. The normalized spacial score (nSPS) is 11.6. The first-order valence-corrected chi connectivity index (χ1v) is 6.87. The molecule has 94 valence electrons. The monoisotopic (exact) mass is 371 g/mol. The molecule has 0 aromatic carbocycles. The zero-order valence-electron chi connectivity index (χ0n) is 9.89. The first-order valence-electron chi connectivity index (χ1n) is 5.28. The third-order valence-electron chi connectivity index (χ3n) is 2.53. The van der Waals surface area contributed by atoms with Gasteiger partial charge in [0.2, 0.25) is 0 Å². The van der Waals surface area contributed by atoms with E-state index in [0.29, 0.717) is 5.69 Å². The number of carbonyl (C=O) groups is 1. The molecule has 0 fully saturated rings. The number of nitrogens with zero attached hydrogens (tertiary/aromatic N) is 3. The third-order valence-corrected chi connectivity index (χ3v) is 3.75. The summed E-state index contributed by atoms with van der Waals surface area (Å²) in [5.74, 6) is 0. The summed E-state index contributed by atoms with van der Waals surface area (Å²) >= 11 is 6.89. The fourth-order valence-electron chi connectivity index (χ4n) is 1.42. The van der Waals surface area contributed by atoms with Crippen molar-refractivity contribution in [2.75, 3.05) is 0 Å². The van der Waals surface area contributed by atoms with E-state index < -0.39 is 5.54 Å². The molecule has 2 aromatic heterocycles. The molecule has 2 heterocycles. The second-order valence-corrected chi connectivity index (χ2v) is 6.08. The van der Waals surface area contributed by atoms with Crippen LogP contribution in [0.5, 0.6) is 0 Å². The maximum Gasteiger partial charge on any atom is 0.147 e. The molecule has 0 unspecified atom stereocenters. The lowest BCUT2D eigenvalue weighted by Crippen LogP contribution is -2.28. The summed E-state index contributed by atoms with van der Waals surface area (Å²) in [5.41, 5.74) is 0.768. The minimum atomic E-state index is -0.679. The van der Waals surface area contributed by atoms with E-state index in [2.05, 4.69) is 41.9 Å². The van der Waals surface area contributed by atoms with Crippen molar-refractivity contribution in [1.29, 1.82) is 0 Å². The van der Waals surface area contributed by atoms with E-state index in [9.17, 15) is 4.79 Å². The molecule has 0 aliphatic carbocycles. The Morgan fingerprint density at radius 1 is 1.28 bits per heavy atom. The van der Waals surface area contributed by atoms with Crippen molar-refractivity contribution in [3.63, 3.8) is 0 Å². The molecule has 0 N–H and O–H groups in total. The average molecular weight is 373 g/mol. The number of aldehydes is 1. The summed E-state index contributed by atoms with van der Waals surface area (Å²) in [6, 6.07) is 3.74. The number of hydrogen-bond acceptors (Lipinski definition) is 3. The van der Waals surface area contributed by atoms with Crippen molar-refractivity contribution < 1.29 is 4.79 Å². The summed E-state index contributed by atoms with van der Waals surface area (Å²) in [6.07, 6.45) is 4.35. The molecule has 0 aliphatic heterocycles. The zero-order valence-corrected chi connectivity index (χ0v) is 13.1. The Morgan fingerprint density at radius 2 is 2.00 bits per heavy atom. The predicted octanol–water partition coefficient (Wildman–Crippen LogP) is 3.40. The molecule has 2 aromatic rings. The topological polar surface area (TPSA) is 47.8 Å². The van der Waals surface area contributed by atoms with Gasteiger partial charge in [0.1, 0.15) is 23.2 Å². The van der Waals surface area contributed by atoms with E-state index in [1.54, 1.807) is 30.9 Å². The van der Waals surface area contributed by atoms with E-state index in [1.807, 2.05) is 12.1 Å². The van der Waals surface area contributed by atoms with Crippen molar-refractivity contribution in [1.82, 2.24) is 14.8 Å². The molecule has 0 aliphatic rings. The van der Waals surface area contributed by atoms with E-state index in [4.69, 9.17) is 0 Å². The quantitative estimate of drug-likeness (QED) is 0.775. The molecule has 6 heteroatoms. The molecule has 0 spiro atoms. The van der Waals surface area contributed by atoms with Gasteiger partial charge >= 0.3 is 0 Å². The summed E-state index contributed by atoms with van der Waals surface area (Å²) < 4.78 is 3.29. The first-order chi connectivity index (χ1) is 8.45. The van der Waals surface area contributed by atoms with Crippen LogP contribution in [-0.2, 0) is 10.3 Å². The molecule has 0 amide bonds. The highest BCUT2D eigenvalue weighted by atomic mass is 79.9. The summed E-state index contributed by atoms with van der Waals surface area (Å²) in [5, 5.41) is 4.43. The molecule has 0 atom stereocenters. The van der Waals surface area contributed by atoms with E-state index in [1.165, 1.54) is 0 Å². The van der Waals surface area contributed by atoms with Crippen LogP contribution in [0.15, 0.2) is 33.5 Å². The maximum atomic E-state index is 11.1. The van der Waals surface area contributed by atoms with Crippen LogP contribution in [0, 0.1) is 0 Å². The standard InChI is InChI=1S/C12H11Br2N3O/c1-12(2,7-18)17-6-9(14)11(16-17)10-8(13)4-3-5-15-10/h3-7H,1-2H3. The first kappa shape index (κ1) is 13.4. The van der Waals surface area contributed by atoms with Gasteiger partial charge < -0.3 is 4.79 Å². The van der Waals surface area contributed by atoms with Crippen LogP contribution < -0.4 is 0 Å². The molecule has 0 radical (unpaired) electrons. The number of pyridine rings is 1. The maximum absolute atomic E-state index is 11.1. The molecule has 0 saturated heterocycles. The Bertz CT molecular complexity index is 593. The molecule has 0 bridgehead atoms. The van der Waals surface area contributed by atoms with Crippen LogP contribution in [0.2, 0.25) is 0 Å². The number of hydrogen-bond donors (Lipinski definition) is 0. The Balaban J connectivity index is 2.55. The van der Waals surface area contributed by atoms with Gasteiger partial charge in [-0.15, -0.1) is 0 Å². The second-order valence-electron chi connectivity index (χ2n) is 4.38. The van der Waals surface area contributed by atoms with Crippen molar-refractivity contribution in [3.8, 4) is 11.4 Å². The fraction of sp³-hybridized carbons (Fsp3) is 0.250. The van der Waals surface area contributed by atoms with Crippen LogP contribution in [0.1, 0.15) is 13.8 Å². The van der Waals surface area contributed by atoms with Gasteiger partial charge in [-0.05, 0) is 57.8 Å². The summed E-state index contributed by atoms with van der Waals surface area (Å²) in [4.78, 5) is 15.3. The Hall–Kier alpha value is -1.01. The highest BCUT2D eigenvalue weighted by Crippen LogP contribution is 2.31. The third kappa shape index (κ3) is 2.40. The summed E-state index contributed by atoms with van der Waals surface area (Å²) in [7, 11) is 0. The summed E-state index contributed by atoms with van der Waals surface area (Å²) in [6.45, 7) is 3.60. The Morgan fingerprint density at radius 3 is 2.61 bits per heavy atom. The Kier molecular flexibility index (Phi) is 3.68. The minimum absolute atomic E-state index is 0.679. The second kappa shape index (κ2) is 4.93. The lowest BCUT2D eigenvalue weighted by atomic mass is 10.1. The number of carbonyl (C=O) groups excluding carboxylic acids is 1. The SMILES string of the molecule is CC(C)(C=O)n1cc(Br)c(-c2ncccc2Br)n1. The number of rotatable bonds is 3. The zero-order chi connectivity index (χ0) is 13.3. The van der Waals surface area contributed by atoms with Gasteiger partial charge in [0.05, 0.1) is 4.47 Å². The number of halogens is 2. The largest absolute Gasteiger partial charge is 0.301 e. The molecule has 2 rings (SSSR count). The van der Waals surface area contributed by atoms with Gasteiger partial charge in [-0.2, -0.15) is 5.10 Å². The van der Waals surface area contributed by atoms with E-state index in [0.717, 1.165) is 20.9 Å². The van der Waals surface area contributed by atoms with Crippen LogP contribution >= 0.6 is 31.9 Å². The smallest absolute Gasteiger partial charge is 0.147 e. The Labute approximate surface area is 122 Å². The predicted molar refractivity (Wildman–Crippen MR) is 76.2 cm³/mol. The van der Waals surface area contributed by atoms with Crippen LogP contribution in [-0.4, -0.2) is 21.1 Å². The van der Waals surface area contributed by atoms with Crippen LogP contribution in [0.25, 0.3) is 11.4 Å². The molecular formula is C12H11Br2N3O. The van der Waals surface area contributed by atoms with Crippen LogP contribution in [0.4, 0.5) is 0 Å². The van der Waals surface area contributed by atoms with Gasteiger partial charge in [-0.3, -0.25) is 9.67 Å². The fourth-order valence-corrected chi connectivity index (χ4v) is 2.33. The van der Waals surface area contributed by atoms with Gasteiger partial charge in [0.25, 0.3) is 0 Å². The van der Waals surface area contributed by atoms with Gasteiger partial charge in [-0.25, -0.2) is 0 Å². The molecule has 4 nitrogen and oxygen atoms in total. The lowest BCUT2D eigenvalue weighted by Gasteiger charge is -2.17. The van der Waals surface area contributed by atoms with Crippen molar-refractivity contribution in [3.05, 3.63) is 33.5 Å².